The zero-order chi connectivity index (χ0) is 43.1. The summed E-state index contributed by atoms with van der Waals surface area (Å²) in [4.78, 5) is 5.52. The van der Waals surface area contributed by atoms with E-state index in [1.165, 1.54) is 33.4 Å². The molecule has 58 heavy (non-hydrogen) atoms. The number of fused-ring (bicyclic) bond motifs is 1. The van der Waals surface area contributed by atoms with E-state index in [-0.39, 0.29) is 31.9 Å². The zero-order valence-electron chi connectivity index (χ0n) is 39.4. The van der Waals surface area contributed by atoms with Gasteiger partial charge in [-0.1, -0.05) is 130 Å². The zero-order valence-corrected chi connectivity index (χ0v) is 43.0. The third kappa shape index (κ3) is 12.9. The van der Waals surface area contributed by atoms with E-state index < -0.39 is 0 Å². The molecule has 2 heterocycles. The number of hydrogen-bond acceptors (Lipinski definition) is 3. The van der Waals surface area contributed by atoms with Crippen LogP contribution in [0.2, 0.25) is 0 Å². The van der Waals surface area contributed by atoms with Gasteiger partial charge in [-0.15, -0.1) is 5.69 Å². The number of hydrogen-bond donors (Lipinski definition) is 0. The molecule has 0 fully saturated rings. The Bertz CT molecular complexity index is 1900. The molecular formula is C49H74HfN6O2. The maximum atomic E-state index is 6.44. The average molecular weight is 958 g/mol. The first-order valence-corrected chi connectivity index (χ1v) is 20.6. The van der Waals surface area contributed by atoms with E-state index in [4.69, 9.17) is 19.5 Å². The van der Waals surface area contributed by atoms with Crippen molar-refractivity contribution in [1.82, 2.24) is 9.55 Å². The maximum absolute atomic E-state index is 6.44. The SMILES string of the molecule is CCc1oc2c(OC)cccc2c1-c1cn(C)c(C([N-]c2c(C(C)C)cccc2C(C)C)c2c(C(C)C)cc(C(C)C)cc2C(C)C)n1.C[N-]C.C[N-]C.C[N-]C.[Hf+4]. The molecule has 5 rings (SSSR count). The Kier molecular flexibility index (Phi) is 23.1. The van der Waals surface area contributed by atoms with Gasteiger partial charge in [0.1, 0.15) is 5.76 Å². The summed E-state index contributed by atoms with van der Waals surface area (Å²) in [6.45, 7) is 25.1. The number of methoxy groups -OCH3 is 1. The molecule has 1 unspecified atom stereocenters. The van der Waals surface area contributed by atoms with Gasteiger partial charge in [0.2, 0.25) is 0 Å². The molecule has 0 aliphatic rings. The maximum Gasteiger partial charge on any atom is 4.00 e. The molecule has 0 saturated carbocycles. The summed E-state index contributed by atoms with van der Waals surface area (Å²) in [5.74, 6) is 4.29. The fourth-order valence-electron chi connectivity index (χ4n) is 7.06. The number of nitrogens with zero attached hydrogens (tertiary/aromatic N) is 6. The fourth-order valence-corrected chi connectivity index (χ4v) is 7.06. The Morgan fingerprint density at radius 3 is 1.57 bits per heavy atom. The van der Waals surface area contributed by atoms with Crippen LogP contribution in [0.1, 0.15) is 157 Å². The average Bonchev–Trinajstić information content (AvgIpc) is 3.73. The van der Waals surface area contributed by atoms with Crippen molar-refractivity contribution in [2.24, 2.45) is 7.05 Å². The number of benzene rings is 3. The molecule has 2 aromatic heterocycles. The second-order valence-corrected chi connectivity index (χ2v) is 16.2. The molecule has 0 aliphatic carbocycles. The van der Waals surface area contributed by atoms with Gasteiger partial charge in [-0.3, -0.25) is 0 Å². The van der Waals surface area contributed by atoms with Crippen LogP contribution in [0.5, 0.6) is 5.75 Å². The predicted octanol–water partition coefficient (Wildman–Crippen LogP) is 14.7. The summed E-state index contributed by atoms with van der Waals surface area (Å²) in [7, 11) is 14.3. The van der Waals surface area contributed by atoms with Gasteiger partial charge in [-0.25, -0.2) is 4.98 Å². The van der Waals surface area contributed by atoms with Gasteiger partial charge in [0.15, 0.2) is 11.3 Å². The first-order chi connectivity index (χ1) is 27.0. The largest absolute Gasteiger partial charge is 4.00 e. The molecule has 5 aromatic rings. The number of rotatable bonds is 12. The number of imidazole rings is 1. The van der Waals surface area contributed by atoms with Crippen LogP contribution in [0.25, 0.3) is 43.5 Å². The number of para-hydroxylation sites is 2. The molecule has 0 saturated heterocycles. The van der Waals surface area contributed by atoms with Crippen LogP contribution in [0, 0.1) is 0 Å². The summed E-state index contributed by atoms with van der Waals surface area (Å²) in [6.07, 6.45) is 2.91. The van der Waals surface area contributed by atoms with E-state index in [0.29, 0.717) is 29.6 Å². The minimum atomic E-state index is -0.310. The van der Waals surface area contributed by atoms with Crippen molar-refractivity contribution in [2.75, 3.05) is 49.4 Å². The topological polar surface area (TPSA) is 96.6 Å². The summed E-state index contributed by atoms with van der Waals surface area (Å²) in [5, 5.41) is 17.4. The molecule has 0 radical (unpaired) electrons. The molecular weight excluding hydrogens is 883 g/mol. The number of ether oxygens (including phenoxy) is 1. The van der Waals surface area contributed by atoms with Crippen LogP contribution in [-0.4, -0.2) is 58.9 Å². The summed E-state index contributed by atoms with van der Waals surface area (Å²) >= 11 is 0. The van der Waals surface area contributed by atoms with Gasteiger partial charge in [0.05, 0.1) is 24.2 Å². The summed E-state index contributed by atoms with van der Waals surface area (Å²) in [6, 6.07) is 17.3. The predicted molar refractivity (Wildman–Crippen MR) is 248 cm³/mol. The molecule has 9 heteroatoms. The molecule has 8 nitrogen and oxygen atoms in total. The van der Waals surface area contributed by atoms with E-state index in [0.717, 1.165) is 51.7 Å². The quantitative estimate of drug-likeness (QED) is 0.117. The normalized spacial score (nSPS) is 11.5. The molecule has 0 amide bonds. The molecule has 0 N–H and O–H groups in total. The second-order valence-electron chi connectivity index (χ2n) is 16.2. The minimum absolute atomic E-state index is 0. The summed E-state index contributed by atoms with van der Waals surface area (Å²) in [5.41, 5.74) is 11.7. The van der Waals surface area contributed by atoms with E-state index in [1.807, 2.05) is 12.1 Å². The van der Waals surface area contributed by atoms with Gasteiger partial charge in [-0.05, 0) is 64.0 Å². The Labute approximate surface area is 371 Å². The Morgan fingerprint density at radius 1 is 0.690 bits per heavy atom. The molecule has 0 bridgehead atoms. The monoisotopic (exact) mass is 959 g/mol. The molecule has 3 aromatic carbocycles. The summed E-state index contributed by atoms with van der Waals surface area (Å²) < 4.78 is 14.3. The first kappa shape index (κ1) is 52.8. The van der Waals surface area contributed by atoms with Crippen LogP contribution in [0.4, 0.5) is 5.69 Å². The van der Waals surface area contributed by atoms with E-state index in [9.17, 15) is 0 Å². The van der Waals surface area contributed by atoms with Crippen LogP contribution < -0.4 is 4.74 Å². The van der Waals surface area contributed by atoms with Crippen molar-refractivity contribution < 1.29 is 35.0 Å². The molecule has 0 spiro atoms. The Hall–Kier alpha value is -3.24. The molecule has 0 aliphatic heterocycles. The van der Waals surface area contributed by atoms with Crippen molar-refractivity contribution in [3.05, 3.63) is 121 Å². The molecule has 316 valence electrons. The molecule has 1 atom stereocenters. The smallest absolute Gasteiger partial charge is 0.671 e. The number of furan rings is 1. The Morgan fingerprint density at radius 2 is 1.16 bits per heavy atom. The minimum Gasteiger partial charge on any atom is -0.671 e. The van der Waals surface area contributed by atoms with Crippen molar-refractivity contribution >= 4 is 16.7 Å². The van der Waals surface area contributed by atoms with Crippen LogP contribution >= 0.6 is 0 Å². The van der Waals surface area contributed by atoms with Gasteiger partial charge < -0.3 is 35.0 Å². The number of aromatic nitrogens is 2. The van der Waals surface area contributed by atoms with Gasteiger partial charge in [-0.2, -0.15) is 42.3 Å². The Balaban J connectivity index is 0.00000154. The number of aryl methyl sites for hydroxylation is 2. The third-order valence-electron chi connectivity index (χ3n) is 9.76. The van der Waals surface area contributed by atoms with Crippen LogP contribution in [0.15, 0.2) is 59.1 Å². The van der Waals surface area contributed by atoms with Gasteiger partial charge >= 0.3 is 25.8 Å². The van der Waals surface area contributed by atoms with Crippen LogP contribution in [-0.2, 0) is 39.3 Å². The van der Waals surface area contributed by atoms with Gasteiger partial charge in [0.25, 0.3) is 0 Å². The van der Waals surface area contributed by atoms with Crippen molar-refractivity contribution in [3.63, 3.8) is 0 Å². The van der Waals surface area contributed by atoms with Crippen LogP contribution in [0.3, 0.4) is 0 Å². The van der Waals surface area contributed by atoms with E-state index in [2.05, 4.69) is 146 Å². The van der Waals surface area contributed by atoms with Gasteiger partial charge in [0, 0.05) is 25.1 Å². The van der Waals surface area contributed by atoms with Crippen molar-refractivity contribution in [2.45, 2.75) is 118 Å². The second kappa shape index (κ2) is 25.4. The fraction of sp³-hybridized carbons (Fsp3) is 0.531. The first-order valence-electron chi connectivity index (χ1n) is 20.6. The van der Waals surface area contributed by atoms with Crippen molar-refractivity contribution in [1.29, 1.82) is 0 Å². The standard InChI is InChI=1S/C43H56N3O2.3C2H6N.Hf/c1-14-36-39(32-19-16-20-37(47-13)42(32)48-36)35-23-46(12)43(44-35)41(45-40-30(25(4)5)17-15-18-31(40)26(6)7)38-33(27(8)9)21-29(24(2)3)22-34(38)28(10)11;3*1-3-2;/h15-28,41H,14H2,1-13H3;3*1-2H3;/q4*-1;+4. The van der Waals surface area contributed by atoms with E-state index in [1.54, 1.807) is 49.4 Å². The van der Waals surface area contributed by atoms with E-state index >= 15 is 0 Å². The third-order valence-corrected chi connectivity index (χ3v) is 9.76. The van der Waals surface area contributed by atoms with Crippen molar-refractivity contribution in [3.8, 4) is 17.0 Å².